The van der Waals surface area contributed by atoms with Crippen molar-refractivity contribution in [3.05, 3.63) is 72.9 Å². The number of carbonyl (C=O) groups excluding carboxylic acids is 1. The summed E-state index contributed by atoms with van der Waals surface area (Å²) in [5.41, 5.74) is 0. The highest BCUT2D eigenvalue weighted by molar-refractivity contribution is 7.45. The number of rotatable bonds is 34. The van der Waals surface area contributed by atoms with Gasteiger partial charge < -0.3 is 28.8 Å². The van der Waals surface area contributed by atoms with Crippen LogP contribution >= 0.6 is 7.82 Å². The zero-order valence-electron chi connectivity index (χ0n) is 33.0. The van der Waals surface area contributed by atoms with Gasteiger partial charge in [-0.25, -0.2) is 0 Å². The van der Waals surface area contributed by atoms with Gasteiger partial charge in [0.1, 0.15) is 13.2 Å². The van der Waals surface area contributed by atoms with Crippen LogP contribution in [0, 0.1) is 0 Å². The van der Waals surface area contributed by atoms with Crippen molar-refractivity contribution in [2.45, 2.75) is 148 Å². The molecule has 0 aliphatic carbocycles. The van der Waals surface area contributed by atoms with E-state index in [-0.39, 0.29) is 12.5 Å². The molecule has 51 heavy (non-hydrogen) atoms. The normalized spacial score (nSPS) is 15.4. The zero-order chi connectivity index (χ0) is 37.9. The summed E-state index contributed by atoms with van der Waals surface area (Å²) in [4.78, 5) is 25.2. The van der Waals surface area contributed by atoms with Crippen LogP contribution in [0.1, 0.15) is 136 Å². The molecule has 0 saturated heterocycles. The second-order valence-electron chi connectivity index (χ2n) is 14.2. The summed E-state index contributed by atoms with van der Waals surface area (Å²) in [5, 5.41) is 13.7. The fourth-order valence-corrected chi connectivity index (χ4v) is 5.70. The van der Waals surface area contributed by atoms with Crippen LogP contribution in [-0.4, -0.2) is 68.5 Å². The number of aliphatic hydroxyl groups is 1. The molecule has 9 heteroatoms. The number of nitrogens with one attached hydrogen (secondary N) is 1. The predicted molar refractivity (Wildman–Crippen MR) is 214 cm³/mol. The number of unbranched alkanes of at least 4 members (excludes halogenated alkanes) is 11. The third-order valence-corrected chi connectivity index (χ3v) is 9.11. The Morgan fingerprint density at radius 1 is 0.706 bits per heavy atom. The van der Waals surface area contributed by atoms with Crippen LogP contribution in [0.25, 0.3) is 0 Å². The molecule has 0 aromatic carbocycles. The van der Waals surface area contributed by atoms with Gasteiger partial charge in [-0.2, -0.15) is 0 Å². The Morgan fingerprint density at radius 3 is 1.82 bits per heavy atom. The van der Waals surface area contributed by atoms with Gasteiger partial charge in [-0.15, -0.1) is 0 Å². The second-order valence-corrected chi connectivity index (χ2v) is 15.7. The Bertz CT molecular complexity index is 1060. The van der Waals surface area contributed by atoms with E-state index in [0.29, 0.717) is 17.4 Å². The molecule has 2 N–H and O–H groups in total. The summed E-state index contributed by atoms with van der Waals surface area (Å²) in [6.45, 7) is 4.43. The molecule has 0 aromatic heterocycles. The predicted octanol–water partition coefficient (Wildman–Crippen LogP) is 9.83. The molecule has 3 atom stereocenters. The average molecular weight is 735 g/mol. The van der Waals surface area contributed by atoms with Crippen LogP contribution < -0.4 is 10.2 Å². The summed E-state index contributed by atoms with van der Waals surface area (Å²) in [5.74, 6) is -0.237. The monoisotopic (exact) mass is 735 g/mol. The minimum atomic E-state index is -4.60. The Balaban J connectivity index is 4.61. The highest BCUT2D eigenvalue weighted by Gasteiger charge is 2.23. The van der Waals surface area contributed by atoms with E-state index in [0.717, 1.165) is 77.0 Å². The van der Waals surface area contributed by atoms with Crippen LogP contribution in [0.2, 0.25) is 0 Å². The maximum absolute atomic E-state index is 12.8. The Hall–Kier alpha value is -2.06. The molecule has 8 nitrogen and oxygen atoms in total. The fourth-order valence-electron chi connectivity index (χ4n) is 4.98. The van der Waals surface area contributed by atoms with E-state index in [4.69, 9.17) is 9.05 Å². The molecular formula is C42H75N2O6P. The summed E-state index contributed by atoms with van der Waals surface area (Å²) in [6.07, 6.45) is 43.7. The van der Waals surface area contributed by atoms with Crippen molar-refractivity contribution in [3.8, 4) is 0 Å². The van der Waals surface area contributed by atoms with Gasteiger partial charge in [-0.3, -0.25) is 9.36 Å². The Labute approximate surface area is 313 Å². The second kappa shape index (κ2) is 33.8. The first-order valence-corrected chi connectivity index (χ1v) is 21.3. The molecule has 0 heterocycles. The molecule has 0 radical (unpaired) electrons. The number of amides is 1. The van der Waals surface area contributed by atoms with E-state index >= 15 is 0 Å². The van der Waals surface area contributed by atoms with Crippen molar-refractivity contribution in [2.75, 3.05) is 40.9 Å². The van der Waals surface area contributed by atoms with E-state index in [1.807, 2.05) is 27.2 Å². The Kier molecular flexibility index (Phi) is 32.4. The van der Waals surface area contributed by atoms with Crippen molar-refractivity contribution < 1.29 is 32.9 Å². The van der Waals surface area contributed by atoms with Gasteiger partial charge in [0.05, 0.1) is 39.9 Å². The molecule has 3 unspecified atom stereocenters. The average Bonchev–Trinajstić information content (AvgIpc) is 3.07. The standard InChI is InChI=1S/C42H75N2O6P/c1-6-8-10-12-14-16-18-20-21-22-23-24-26-28-30-32-34-36-42(46)43-40(39-50-51(47,48)49-38-37-44(3,4)5)41(45)35-33-31-29-27-25-19-17-15-13-11-9-7-2/h8,10,14,16,20-21,23-25,27,33,35,40-41,45H,6-7,9,11-13,15,17-19,22,26,28-32,34,36-39H2,1-5H3,(H-,43,46,47,48)/b10-8-,16-14-,21-20-,24-23-,27-25+,35-33+. The van der Waals surface area contributed by atoms with Gasteiger partial charge >= 0.3 is 0 Å². The molecule has 0 aliphatic rings. The third-order valence-electron chi connectivity index (χ3n) is 8.15. The molecule has 0 fully saturated rings. The molecule has 0 aromatic rings. The van der Waals surface area contributed by atoms with Crippen molar-refractivity contribution in [1.82, 2.24) is 5.32 Å². The number of nitrogens with zero attached hydrogens (tertiary/aromatic N) is 1. The number of allylic oxidation sites excluding steroid dienone is 11. The maximum atomic E-state index is 12.8. The van der Waals surface area contributed by atoms with Crippen molar-refractivity contribution in [2.24, 2.45) is 0 Å². The number of phosphoric ester groups is 1. The van der Waals surface area contributed by atoms with Crippen molar-refractivity contribution >= 4 is 13.7 Å². The molecule has 0 saturated carbocycles. The lowest BCUT2D eigenvalue weighted by Crippen LogP contribution is -2.45. The number of aliphatic hydroxyl groups excluding tert-OH is 1. The fraction of sp³-hybridized carbons (Fsp3) is 0.690. The molecule has 0 aliphatic heterocycles. The summed E-state index contributed by atoms with van der Waals surface area (Å²) in [7, 11) is 1.21. The molecule has 294 valence electrons. The number of likely N-dealkylation sites (N-methyl/N-ethyl adjacent to an activating group) is 1. The molecular weight excluding hydrogens is 659 g/mol. The summed E-state index contributed by atoms with van der Waals surface area (Å²) >= 11 is 0. The van der Waals surface area contributed by atoms with Crippen LogP contribution in [0.5, 0.6) is 0 Å². The van der Waals surface area contributed by atoms with Crippen molar-refractivity contribution in [3.63, 3.8) is 0 Å². The van der Waals surface area contributed by atoms with Crippen LogP contribution in [0.4, 0.5) is 0 Å². The highest BCUT2D eigenvalue weighted by Crippen LogP contribution is 2.38. The van der Waals surface area contributed by atoms with E-state index in [1.165, 1.54) is 38.5 Å². The lowest BCUT2D eigenvalue weighted by molar-refractivity contribution is -0.870. The Morgan fingerprint density at radius 2 is 1.22 bits per heavy atom. The maximum Gasteiger partial charge on any atom is 0.268 e. The SMILES string of the molecule is CC/C=C\C/C=C\C/C=C\C/C=C\CCCCCCC(=O)NC(COP(=O)([O-])OCC[N+](C)(C)C)C(O)/C=C/CC/C=C/CCCCCCCC. The van der Waals surface area contributed by atoms with Gasteiger partial charge in [0.25, 0.3) is 7.82 Å². The molecule has 0 spiro atoms. The number of hydrogen-bond acceptors (Lipinski definition) is 6. The lowest BCUT2D eigenvalue weighted by atomic mass is 10.1. The van der Waals surface area contributed by atoms with Crippen LogP contribution in [-0.2, 0) is 18.4 Å². The molecule has 0 bridgehead atoms. The van der Waals surface area contributed by atoms with Crippen LogP contribution in [0.3, 0.4) is 0 Å². The van der Waals surface area contributed by atoms with Gasteiger partial charge in [0, 0.05) is 6.42 Å². The minimum absolute atomic E-state index is 0.0155. The summed E-state index contributed by atoms with van der Waals surface area (Å²) < 4.78 is 23.1. The largest absolute Gasteiger partial charge is 0.756 e. The first-order valence-electron chi connectivity index (χ1n) is 19.8. The van der Waals surface area contributed by atoms with Gasteiger partial charge in [0.2, 0.25) is 5.91 Å². The van der Waals surface area contributed by atoms with Crippen molar-refractivity contribution in [1.29, 1.82) is 0 Å². The van der Waals surface area contributed by atoms with E-state index in [1.54, 1.807) is 6.08 Å². The van der Waals surface area contributed by atoms with E-state index in [2.05, 4.69) is 79.9 Å². The quantitative estimate of drug-likeness (QED) is 0.0295. The zero-order valence-corrected chi connectivity index (χ0v) is 33.9. The third kappa shape index (κ3) is 36.1. The summed E-state index contributed by atoms with van der Waals surface area (Å²) in [6, 6.07) is -0.917. The smallest absolute Gasteiger partial charge is 0.268 e. The van der Waals surface area contributed by atoms with E-state index in [9.17, 15) is 19.4 Å². The minimum Gasteiger partial charge on any atom is -0.756 e. The number of hydrogen-bond donors (Lipinski definition) is 2. The first kappa shape index (κ1) is 48.9. The lowest BCUT2D eigenvalue weighted by Gasteiger charge is -2.29. The number of quaternary nitrogens is 1. The highest BCUT2D eigenvalue weighted by atomic mass is 31.2. The van der Waals surface area contributed by atoms with Gasteiger partial charge in [0.15, 0.2) is 0 Å². The van der Waals surface area contributed by atoms with Crippen LogP contribution in [0.15, 0.2) is 72.9 Å². The number of phosphoric acid groups is 1. The van der Waals surface area contributed by atoms with E-state index < -0.39 is 26.6 Å². The molecule has 0 rings (SSSR count). The number of carbonyl (C=O) groups is 1. The topological polar surface area (TPSA) is 108 Å². The van der Waals surface area contributed by atoms with Gasteiger partial charge in [-0.1, -0.05) is 132 Å². The first-order chi connectivity index (χ1) is 24.5. The van der Waals surface area contributed by atoms with Gasteiger partial charge in [-0.05, 0) is 70.6 Å². The molecule has 1 amide bonds.